The summed E-state index contributed by atoms with van der Waals surface area (Å²) in [6.07, 6.45) is 1.57. The van der Waals surface area contributed by atoms with E-state index in [0.29, 0.717) is 6.54 Å². The van der Waals surface area contributed by atoms with Crippen molar-refractivity contribution in [1.29, 1.82) is 0 Å². The summed E-state index contributed by atoms with van der Waals surface area (Å²) in [5.74, 6) is -0.556. The second kappa shape index (κ2) is 5.40. The van der Waals surface area contributed by atoms with E-state index >= 15 is 0 Å². The Morgan fingerprint density at radius 1 is 1.43 bits per heavy atom. The highest BCUT2D eigenvalue weighted by molar-refractivity contribution is 5.94. The van der Waals surface area contributed by atoms with Gasteiger partial charge in [-0.1, -0.05) is 30.3 Å². The van der Waals surface area contributed by atoms with E-state index in [1.807, 2.05) is 30.3 Å². The summed E-state index contributed by atoms with van der Waals surface area (Å²) in [4.78, 5) is 27.9. The third-order valence-corrected chi connectivity index (χ3v) is 3.35. The van der Waals surface area contributed by atoms with Crippen molar-refractivity contribution in [2.24, 2.45) is 0 Å². The highest BCUT2D eigenvalue weighted by Gasteiger charge is 2.28. The van der Waals surface area contributed by atoms with Crippen molar-refractivity contribution in [1.82, 2.24) is 14.9 Å². The van der Waals surface area contributed by atoms with E-state index < -0.39 is 5.97 Å². The highest BCUT2D eigenvalue weighted by atomic mass is 16.5. The van der Waals surface area contributed by atoms with E-state index in [0.717, 1.165) is 5.56 Å². The van der Waals surface area contributed by atoms with Gasteiger partial charge in [-0.15, -0.1) is 0 Å². The van der Waals surface area contributed by atoms with Gasteiger partial charge >= 0.3 is 5.97 Å². The molecule has 0 saturated heterocycles. The highest BCUT2D eigenvalue weighted by Crippen LogP contribution is 2.21. The molecule has 1 amide bonds. The van der Waals surface area contributed by atoms with Gasteiger partial charge in [0.2, 0.25) is 0 Å². The molecule has 21 heavy (non-hydrogen) atoms. The minimum Gasteiger partial charge on any atom is -0.461 e. The molecule has 1 atom stereocenters. The van der Waals surface area contributed by atoms with Crippen LogP contribution in [0.2, 0.25) is 0 Å². The van der Waals surface area contributed by atoms with Crippen LogP contribution in [0.15, 0.2) is 36.5 Å². The Morgan fingerprint density at radius 2 is 2.19 bits per heavy atom. The molecule has 1 N–H and O–H groups in total. The Bertz CT molecular complexity index is 679. The molecule has 1 aliphatic rings. The van der Waals surface area contributed by atoms with E-state index in [9.17, 15) is 9.59 Å². The molecule has 1 aliphatic heterocycles. The van der Waals surface area contributed by atoms with Crippen molar-refractivity contribution >= 4 is 11.9 Å². The third kappa shape index (κ3) is 2.52. The number of imidazole rings is 1. The third-order valence-electron chi connectivity index (χ3n) is 3.35. The topological polar surface area (TPSA) is 73.2 Å². The maximum Gasteiger partial charge on any atom is 0.358 e. The standard InChI is InChI=1S/C15H15N3O3/c1-2-21-15(20)12-9-18-8-11(10-6-4-3-5-7-10)17-14(19)13(18)16-12/h3-7,9,11H,2,8H2,1H3,(H,17,19). The van der Waals surface area contributed by atoms with E-state index in [2.05, 4.69) is 10.3 Å². The fraction of sp³-hybridized carbons (Fsp3) is 0.267. The van der Waals surface area contributed by atoms with Gasteiger partial charge in [0, 0.05) is 12.7 Å². The van der Waals surface area contributed by atoms with Crippen molar-refractivity contribution in [2.45, 2.75) is 19.5 Å². The second-order valence-electron chi connectivity index (χ2n) is 4.76. The van der Waals surface area contributed by atoms with Gasteiger partial charge in [0.05, 0.1) is 12.6 Å². The lowest BCUT2D eigenvalue weighted by atomic mass is 10.1. The van der Waals surface area contributed by atoms with Gasteiger partial charge in [-0.25, -0.2) is 9.78 Å². The predicted molar refractivity (Wildman–Crippen MR) is 74.8 cm³/mol. The van der Waals surface area contributed by atoms with Crippen LogP contribution < -0.4 is 5.32 Å². The molecule has 3 rings (SSSR count). The van der Waals surface area contributed by atoms with Crippen LogP contribution >= 0.6 is 0 Å². The van der Waals surface area contributed by atoms with Crippen LogP contribution in [0.3, 0.4) is 0 Å². The molecule has 0 fully saturated rings. The minimum absolute atomic E-state index is 0.129. The number of rotatable bonds is 3. The first-order chi connectivity index (χ1) is 10.2. The number of amides is 1. The molecule has 2 heterocycles. The van der Waals surface area contributed by atoms with Crippen molar-refractivity contribution in [2.75, 3.05) is 6.61 Å². The van der Waals surface area contributed by atoms with Gasteiger partial charge in [0.15, 0.2) is 11.5 Å². The van der Waals surface area contributed by atoms with Gasteiger partial charge in [0.1, 0.15) is 0 Å². The van der Waals surface area contributed by atoms with Crippen molar-refractivity contribution < 1.29 is 14.3 Å². The van der Waals surface area contributed by atoms with E-state index in [4.69, 9.17) is 4.74 Å². The zero-order valence-corrected chi connectivity index (χ0v) is 11.6. The molecule has 0 radical (unpaired) electrons. The maximum atomic E-state index is 12.1. The number of fused-ring (bicyclic) bond motifs is 1. The van der Waals surface area contributed by atoms with Gasteiger partial charge in [-0.2, -0.15) is 0 Å². The Balaban J connectivity index is 1.88. The largest absolute Gasteiger partial charge is 0.461 e. The fourth-order valence-corrected chi connectivity index (χ4v) is 2.38. The Labute approximate surface area is 121 Å². The maximum absolute atomic E-state index is 12.1. The molecule has 0 saturated carbocycles. The zero-order chi connectivity index (χ0) is 14.8. The molecule has 6 heteroatoms. The van der Waals surface area contributed by atoms with Crippen LogP contribution in [-0.2, 0) is 11.3 Å². The lowest BCUT2D eigenvalue weighted by molar-refractivity contribution is 0.0520. The van der Waals surface area contributed by atoms with Crippen LogP contribution in [0.4, 0.5) is 0 Å². The van der Waals surface area contributed by atoms with Crippen molar-refractivity contribution in [3.8, 4) is 0 Å². The minimum atomic E-state index is -0.511. The van der Waals surface area contributed by atoms with Crippen LogP contribution in [0.25, 0.3) is 0 Å². The molecule has 1 unspecified atom stereocenters. The average molecular weight is 285 g/mol. The normalized spacial score (nSPS) is 17.0. The number of aromatic nitrogens is 2. The lowest BCUT2D eigenvalue weighted by Gasteiger charge is -2.24. The number of carbonyl (C=O) groups is 2. The molecule has 1 aromatic carbocycles. The summed E-state index contributed by atoms with van der Waals surface area (Å²) in [7, 11) is 0. The fourth-order valence-electron chi connectivity index (χ4n) is 2.38. The van der Waals surface area contributed by atoms with E-state index in [1.165, 1.54) is 0 Å². The van der Waals surface area contributed by atoms with Gasteiger partial charge in [-0.3, -0.25) is 4.79 Å². The summed E-state index contributed by atoms with van der Waals surface area (Å²) in [6.45, 7) is 2.55. The van der Waals surface area contributed by atoms with Crippen LogP contribution in [0.1, 0.15) is 39.6 Å². The van der Waals surface area contributed by atoms with E-state index in [1.54, 1.807) is 17.7 Å². The molecular weight excluding hydrogens is 270 g/mol. The second-order valence-corrected chi connectivity index (χ2v) is 4.76. The smallest absolute Gasteiger partial charge is 0.358 e. The Morgan fingerprint density at radius 3 is 2.90 bits per heavy atom. The number of nitrogens with one attached hydrogen (secondary N) is 1. The molecule has 6 nitrogen and oxygen atoms in total. The first-order valence-corrected chi connectivity index (χ1v) is 6.79. The van der Waals surface area contributed by atoms with Gasteiger partial charge in [-0.05, 0) is 12.5 Å². The molecule has 0 spiro atoms. The number of ether oxygens (including phenoxy) is 1. The Hall–Kier alpha value is -2.63. The monoisotopic (exact) mass is 285 g/mol. The first-order valence-electron chi connectivity index (χ1n) is 6.79. The van der Waals surface area contributed by atoms with Crippen LogP contribution in [0.5, 0.6) is 0 Å². The number of nitrogens with zero attached hydrogens (tertiary/aromatic N) is 2. The van der Waals surface area contributed by atoms with Gasteiger partial charge < -0.3 is 14.6 Å². The molecular formula is C15H15N3O3. The quantitative estimate of drug-likeness (QED) is 0.868. The lowest BCUT2D eigenvalue weighted by Crippen LogP contribution is -2.38. The SMILES string of the molecule is CCOC(=O)c1cn2c(n1)C(=O)NC(c1ccccc1)C2. The predicted octanol–water partition coefficient (Wildman–Crippen LogP) is 1.54. The number of benzene rings is 1. The molecule has 0 aliphatic carbocycles. The average Bonchev–Trinajstić information content (AvgIpc) is 2.93. The zero-order valence-electron chi connectivity index (χ0n) is 11.6. The van der Waals surface area contributed by atoms with Crippen molar-refractivity contribution in [3.05, 3.63) is 53.6 Å². The molecule has 0 bridgehead atoms. The summed E-state index contributed by atoms with van der Waals surface area (Å²) in [6, 6.07) is 9.56. The first kappa shape index (κ1) is 13.4. The van der Waals surface area contributed by atoms with Crippen LogP contribution in [0, 0.1) is 0 Å². The number of hydrogen-bond acceptors (Lipinski definition) is 4. The number of esters is 1. The molecule has 108 valence electrons. The molecule has 1 aromatic heterocycles. The van der Waals surface area contributed by atoms with Crippen LogP contribution in [-0.4, -0.2) is 28.0 Å². The summed E-state index contributed by atoms with van der Waals surface area (Å²) in [5, 5.41) is 2.90. The summed E-state index contributed by atoms with van der Waals surface area (Å²) in [5.41, 5.74) is 1.18. The summed E-state index contributed by atoms with van der Waals surface area (Å²) < 4.78 is 6.60. The molecule has 2 aromatic rings. The van der Waals surface area contributed by atoms with Crippen molar-refractivity contribution in [3.63, 3.8) is 0 Å². The number of hydrogen-bond donors (Lipinski definition) is 1. The summed E-state index contributed by atoms with van der Waals surface area (Å²) >= 11 is 0. The van der Waals surface area contributed by atoms with Gasteiger partial charge in [0.25, 0.3) is 5.91 Å². The Kier molecular flexibility index (Phi) is 3.43. The number of carbonyl (C=O) groups excluding carboxylic acids is 2. The van der Waals surface area contributed by atoms with E-state index in [-0.39, 0.29) is 30.1 Å².